The lowest BCUT2D eigenvalue weighted by atomic mass is 10.0. The van der Waals surface area contributed by atoms with E-state index in [-0.39, 0.29) is 11.9 Å². The summed E-state index contributed by atoms with van der Waals surface area (Å²) in [5.41, 5.74) is 1.27. The molecule has 2 atom stereocenters. The zero-order chi connectivity index (χ0) is 22.8. The van der Waals surface area contributed by atoms with Crippen LogP contribution >= 0.6 is 0 Å². The molecule has 2 fully saturated rings. The number of amides is 1. The number of carbonyl (C=O) groups excluding carboxylic acids is 1. The molecule has 32 heavy (non-hydrogen) atoms. The minimum absolute atomic E-state index is 0.244. The second kappa shape index (κ2) is 12.7. The average molecular weight is 444 g/mol. The van der Waals surface area contributed by atoms with E-state index >= 15 is 0 Å². The Morgan fingerprint density at radius 3 is 2.50 bits per heavy atom. The topological polar surface area (TPSA) is 69.2 Å². The number of nitrogens with zero attached hydrogens (tertiary/aromatic N) is 3. The largest absolute Gasteiger partial charge is 0.497 e. The van der Waals surface area contributed by atoms with Gasteiger partial charge in [0, 0.05) is 32.1 Å². The highest BCUT2D eigenvalue weighted by atomic mass is 16.5. The number of carbonyl (C=O) groups is 1. The van der Waals surface area contributed by atoms with Crippen LogP contribution in [0.3, 0.4) is 0 Å². The SMILES string of the molecule is CCNC(=NCC(c1ccc(OC)cc1)N1CCCC1)NCCC(=O)N1CCCCC1C. The average Bonchev–Trinajstić information content (AvgIpc) is 3.34. The highest BCUT2D eigenvalue weighted by molar-refractivity contribution is 5.81. The molecule has 0 spiro atoms. The van der Waals surface area contributed by atoms with Gasteiger partial charge in [-0.15, -0.1) is 0 Å². The zero-order valence-corrected chi connectivity index (χ0v) is 20.1. The Kier molecular flexibility index (Phi) is 9.65. The molecule has 0 radical (unpaired) electrons. The van der Waals surface area contributed by atoms with Crippen molar-refractivity contribution in [3.63, 3.8) is 0 Å². The Morgan fingerprint density at radius 1 is 1.12 bits per heavy atom. The molecule has 2 saturated heterocycles. The summed E-state index contributed by atoms with van der Waals surface area (Å²) in [6.45, 7) is 9.42. The van der Waals surface area contributed by atoms with E-state index in [0.29, 0.717) is 25.6 Å². The standard InChI is InChI=1S/C25H41N5O2/c1-4-26-25(27-15-14-24(31)30-18-6-5-9-20(30)2)28-19-23(29-16-7-8-17-29)21-10-12-22(32-3)13-11-21/h10-13,20,23H,4-9,14-19H2,1-3H3,(H2,26,27,28). The van der Waals surface area contributed by atoms with Gasteiger partial charge in [-0.25, -0.2) is 0 Å². The Labute approximate surface area is 193 Å². The molecule has 2 heterocycles. The fraction of sp³-hybridized carbons (Fsp3) is 0.680. The summed E-state index contributed by atoms with van der Waals surface area (Å²) >= 11 is 0. The number of guanidine groups is 1. The van der Waals surface area contributed by atoms with Gasteiger partial charge in [0.1, 0.15) is 5.75 Å². The molecule has 0 aliphatic carbocycles. The minimum atomic E-state index is 0.244. The molecular formula is C25H41N5O2. The van der Waals surface area contributed by atoms with Crippen molar-refractivity contribution in [2.75, 3.05) is 46.4 Å². The first-order chi connectivity index (χ1) is 15.6. The molecule has 2 aliphatic heterocycles. The van der Waals surface area contributed by atoms with Gasteiger partial charge in [0.25, 0.3) is 0 Å². The van der Waals surface area contributed by atoms with Gasteiger partial charge in [0.05, 0.1) is 19.7 Å². The monoisotopic (exact) mass is 443 g/mol. The number of ether oxygens (including phenoxy) is 1. The van der Waals surface area contributed by atoms with Gasteiger partial charge in [-0.2, -0.15) is 0 Å². The maximum atomic E-state index is 12.6. The molecule has 1 amide bonds. The van der Waals surface area contributed by atoms with Crippen molar-refractivity contribution in [2.24, 2.45) is 4.99 Å². The molecule has 1 aromatic rings. The van der Waals surface area contributed by atoms with Crippen molar-refractivity contribution < 1.29 is 9.53 Å². The fourth-order valence-electron chi connectivity index (χ4n) is 4.73. The van der Waals surface area contributed by atoms with Gasteiger partial charge in [-0.3, -0.25) is 14.7 Å². The minimum Gasteiger partial charge on any atom is -0.497 e. The molecule has 2 N–H and O–H groups in total. The predicted octanol–water partition coefficient (Wildman–Crippen LogP) is 3.18. The Balaban J connectivity index is 1.59. The van der Waals surface area contributed by atoms with Crippen LogP contribution in [-0.2, 0) is 4.79 Å². The van der Waals surface area contributed by atoms with Gasteiger partial charge in [0.2, 0.25) is 5.91 Å². The molecule has 7 nitrogen and oxygen atoms in total. The second-order valence-electron chi connectivity index (χ2n) is 8.86. The zero-order valence-electron chi connectivity index (χ0n) is 20.1. The van der Waals surface area contributed by atoms with Crippen LogP contribution in [0.15, 0.2) is 29.3 Å². The van der Waals surface area contributed by atoms with Crippen LogP contribution in [0.5, 0.6) is 5.75 Å². The summed E-state index contributed by atoms with van der Waals surface area (Å²) in [7, 11) is 1.70. The molecule has 0 saturated carbocycles. The molecule has 0 aromatic heterocycles. The van der Waals surface area contributed by atoms with Crippen molar-refractivity contribution in [2.45, 2.75) is 64.5 Å². The Bertz CT molecular complexity index is 730. The number of rotatable bonds is 9. The normalized spacial score (nSPS) is 20.8. The number of benzene rings is 1. The third-order valence-corrected chi connectivity index (χ3v) is 6.60. The van der Waals surface area contributed by atoms with Crippen molar-refractivity contribution in [3.8, 4) is 5.75 Å². The Hall–Kier alpha value is -2.28. The fourth-order valence-corrected chi connectivity index (χ4v) is 4.73. The van der Waals surface area contributed by atoms with Gasteiger partial charge in [0.15, 0.2) is 5.96 Å². The van der Waals surface area contributed by atoms with Crippen LogP contribution in [0.2, 0.25) is 0 Å². The summed E-state index contributed by atoms with van der Waals surface area (Å²) in [6, 6.07) is 8.96. The van der Waals surface area contributed by atoms with Crippen molar-refractivity contribution in [3.05, 3.63) is 29.8 Å². The summed E-state index contributed by atoms with van der Waals surface area (Å²) < 4.78 is 5.33. The van der Waals surface area contributed by atoms with Crippen LogP contribution in [-0.4, -0.2) is 74.1 Å². The molecule has 7 heteroatoms. The van der Waals surface area contributed by atoms with Gasteiger partial charge in [-0.1, -0.05) is 12.1 Å². The third kappa shape index (κ3) is 6.86. The highest BCUT2D eigenvalue weighted by Gasteiger charge is 2.24. The predicted molar refractivity (Wildman–Crippen MR) is 130 cm³/mol. The van der Waals surface area contributed by atoms with Crippen LogP contribution in [0.4, 0.5) is 0 Å². The highest BCUT2D eigenvalue weighted by Crippen LogP contribution is 2.27. The number of nitrogens with one attached hydrogen (secondary N) is 2. The molecule has 3 rings (SSSR count). The maximum absolute atomic E-state index is 12.6. The number of hydrogen-bond acceptors (Lipinski definition) is 4. The molecule has 1 aromatic carbocycles. The van der Waals surface area contributed by atoms with E-state index in [1.165, 1.54) is 24.8 Å². The molecule has 2 aliphatic rings. The van der Waals surface area contributed by atoms with Crippen LogP contribution < -0.4 is 15.4 Å². The maximum Gasteiger partial charge on any atom is 0.224 e. The van der Waals surface area contributed by atoms with Crippen LogP contribution in [0.1, 0.15) is 64.0 Å². The van der Waals surface area contributed by atoms with Crippen LogP contribution in [0.25, 0.3) is 0 Å². The molecule has 2 unspecified atom stereocenters. The Morgan fingerprint density at radius 2 is 1.84 bits per heavy atom. The first kappa shape index (κ1) is 24.4. The van der Waals surface area contributed by atoms with E-state index in [4.69, 9.17) is 9.73 Å². The second-order valence-corrected chi connectivity index (χ2v) is 8.86. The number of hydrogen-bond donors (Lipinski definition) is 2. The third-order valence-electron chi connectivity index (χ3n) is 6.60. The van der Waals surface area contributed by atoms with Gasteiger partial charge >= 0.3 is 0 Å². The first-order valence-corrected chi connectivity index (χ1v) is 12.3. The quantitative estimate of drug-likeness (QED) is 0.453. The van der Waals surface area contributed by atoms with Gasteiger partial charge in [-0.05, 0) is 76.7 Å². The van der Waals surface area contributed by atoms with E-state index in [0.717, 1.165) is 50.7 Å². The van der Waals surface area contributed by atoms with Crippen molar-refractivity contribution in [1.29, 1.82) is 0 Å². The summed E-state index contributed by atoms with van der Waals surface area (Å²) in [5, 5.41) is 6.71. The molecule has 178 valence electrons. The van der Waals surface area contributed by atoms with E-state index in [9.17, 15) is 4.79 Å². The van der Waals surface area contributed by atoms with Gasteiger partial charge < -0.3 is 20.3 Å². The first-order valence-electron chi connectivity index (χ1n) is 12.3. The van der Waals surface area contributed by atoms with E-state index in [1.54, 1.807) is 7.11 Å². The lowest BCUT2D eigenvalue weighted by Crippen LogP contribution is -2.44. The summed E-state index contributed by atoms with van der Waals surface area (Å²) in [6.07, 6.45) is 6.45. The number of aliphatic imine (C=N–C) groups is 1. The van der Waals surface area contributed by atoms with Crippen molar-refractivity contribution >= 4 is 11.9 Å². The van der Waals surface area contributed by atoms with Crippen molar-refractivity contribution in [1.82, 2.24) is 20.4 Å². The lowest BCUT2D eigenvalue weighted by molar-refractivity contribution is -0.134. The number of piperidine rings is 1. The molecular weight excluding hydrogens is 402 g/mol. The lowest BCUT2D eigenvalue weighted by Gasteiger charge is -2.33. The number of methoxy groups -OCH3 is 1. The number of likely N-dealkylation sites (tertiary alicyclic amines) is 2. The van der Waals surface area contributed by atoms with E-state index in [2.05, 4.69) is 41.5 Å². The summed E-state index contributed by atoms with van der Waals surface area (Å²) in [5.74, 6) is 1.90. The summed E-state index contributed by atoms with van der Waals surface area (Å²) in [4.78, 5) is 22.1. The molecule has 0 bridgehead atoms. The van der Waals surface area contributed by atoms with E-state index in [1.807, 2.05) is 17.0 Å². The van der Waals surface area contributed by atoms with E-state index < -0.39 is 0 Å². The smallest absolute Gasteiger partial charge is 0.224 e. The van der Waals surface area contributed by atoms with Crippen LogP contribution in [0, 0.1) is 0 Å².